The van der Waals surface area contributed by atoms with Gasteiger partial charge in [0.1, 0.15) is 0 Å². The van der Waals surface area contributed by atoms with Gasteiger partial charge in [-0.25, -0.2) is 4.79 Å². The van der Waals surface area contributed by atoms with E-state index >= 15 is 0 Å². The standard InChI is InChI=1S/C21H33N5O/c1-15(2)24-21(27)25-19-10-8-16(9-11-19)12-23-20(22-3)26-13-17-6-4-5-7-18(17)14-26/h8-11,15,17-18H,4-7,12-14H2,1-3H3,(H,22,23)(H2,24,25,27). The van der Waals surface area contributed by atoms with E-state index in [1.165, 1.54) is 31.2 Å². The van der Waals surface area contributed by atoms with Gasteiger partial charge in [0.2, 0.25) is 0 Å². The molecule has 148 valence electrons. The molecule has 27 heavy (non-hydrogen) atoms. The highest BCUT2D eigenvalue weighted by Crippen LogP contribution is 2.35. The van der Waals surface area contributed by atoms with Crippen LogP contribution in [-0.2, 0) is 6.54 Å². The smallest absolute Gasteiger partial charge is 0.319 e. The Hall–Kier alpha value is -2.24. The van der Waals surface area contributed by atoms with Crippen LogP contribution in [0.4, 0.5) is 10.5 Å². The Morgan fingerprint density at radius 1 is 1.15 bits per heavy atom. The van der Waals surface area contributed by atoms with Crippen molar-refractivity contribution in [3.8, 4) is 0 Å². The molecule has 6 nitrogen and oxygen atoms in total. The summed E-state index contributed by atoms with van der Waals surface area (Å²) in [5, 5.41) is 9.17. The number of anilines is 1. The third-order valence-corrected chi connectivity index (χ3v) is 5.57. The Morgan fingerprint density at radius 3 is 2.33 bits per heavy atom. The minimum atomic E-state index is -0.174. The molecule has 0 spiro atoms. The van der Waals surface area contributed by atoms with Gasteiger partial charge in [0.05, 0.1) is 0 Å². The van der Waals surface area contributed by atoms with Crippen LogP contribution in [0.1, 0.15) is 45.1 Å². The summed E-state index contributed by atoms with van der Waals surface area (Å²) < 4.78 is 0. The van der Waals surface area contributed by atoms with Gasteiger partial charge in [-0.1, -0.05) is 25.0 Å². The van der Waals surface area contributed by atoms with Crippen molar-refractivity contribution in [1.29, 1.82) is 0 Å². The maximum Gasteiger partial charge on any atom is 0.319 e. The Labute approximate surface area is 162 Å². The normalized spacial score (nSPS) is 22.5. The Kier molecular flexibility index (Phi) is 6.58. The van der Waals surface area contributed by atoms with Crippen molar-refractivity contribution >= 4 is 17.7 Å². The average Bonchev–Trinajstić information content (AvgIpc) is 3.07. The summed E-state index contributed by atoms with van der Waals surface area (Å²) in [6.45, 7) is 6.89. The molecule has 0 radical (unpaired) electrons. The summed E-state index contributed by atoms with van der Waals surface area (Å²) in [6.07, 6.45) is 5.52. The number of benzene rings is 1. The number of nitrogens with one attached hydrogen (secondary N) is 3. The first kappa shape index (κ1) is 19.5. The van der Waals surface area contributed by atoms with Gasteiger partial charge in [-0.2, -0.15) is 0 Å². The topological polar surface area (TPSA) is 68.8 Å². The zero-order chi connectivity index (χ0) is 19.2. The van der Waals surface area contributed by atoms with Crippen LogP contribution in [0.15, 0.2) is 29.3 Å². The minimum absolute atomic E-state index is 0.120. The maximum atomic E-state index is 11.8. The van der Waals surface area contributed by atoms with Gasteiger partial charge in [-0.05, 0) is 56.2 Å². The van der Waals surface area contributed by atoms with Crippen molar-refractivity contribution < 1.29 is 4.79 Å². The molecule has 1 saturated carbocycles. The van der Waals surface area contributed by atoms with E-state index in [1.807, 2.05) is 45.2 Å². The lowest BCUT2D eigenvalue weighted by atomic mass is 9.82. The summed E-state index contributed by atoms with van der Waals surface area (Å²) in [4.78, 5) is 18.7. The number of aliphatic imine (C=N–C) groups is 1. The molecule has 1 aliphatic heterocycles. The largest absolute Gasteiger partial charge is 0.352 e. The van der Waals surface area contributed by atoms with Crippen molar-refractivity contribution in [3.63, 3.8) is 0 Å². The fraction of sp³-hybridized carbons (Fsp3) is 0.619. The van der Waals surface area contributed by atoms with Crippen LogP contribution in [0.2, 0.25) is 0 Å². The van der Waals surface area contributed by atoms with Gasteiger partial charge in [0, 0.05) is 38.4 Å². The zero-order valence-electron chi connectivity index (χ0n) is 16.8. The van der Waals surface area contributed by atoms with Crippen LogP contribution in [0.3, 0.4) is 0 Å². The molecule has 2 fully saturated rings. The number of urea groups is 1. The van der Waals surface area contributed by atoms with E-state index in [4.69, 9.17) is 0 Å². The van der Waals surface area contributed by atoms with Crippen molar-refractivity contribution in [2.24, 2.45) is 16.8 Å². The Bertz CT molecular complexity index is 641. The van der Waals surface area contributed by atoms with Crippen LogP contribution in [0.25, 0.3) is 0 Å². The fourth-order valence-electron chi connectivity index (χ4n) is 4.23. The predicted octanol–water partition coefficient (Wildman–Crippen LogP) is 3.41. The highest BCUT2D eigenvalue weighted by molar-refractivity contribution is 5.89. The molecule has 2 amide bonds. The molecule has 0 bridgehead atoms. The summed E-state index contributed by atoms with van der Waals surface area (Å²) in [7, 11) is 1.87. The Balaban J connectivity index is 1.49. The fourth-order valence-corrected chi connectivity index (χ4v) is 4.23. The average molecular weight is 372 g/mol. The van der Waals surface area contributed by atoms with Crippen LogP contribution in [0.5, 0.6) is 0 Å². The molecule has 1 aromatic carbocycles. The second kappa shape index (κ2) is 9.11. The molecule has 1 heterocycles. The third kappa shape index (κ3) is 5.37. The molecule has 6 heteroatoms. The molecular formula is C21H33N5O. The van der Waals surface area contributed by atoms with E-state index in [9.17, 15) is 4.79 Å². The first-order valence-electron chi connectivity index (χ1n) is 10.2. The number of guanidine groups is 1. The highest BCUT2D eigenvalue weighted by atomic mass is 16.2. The van der Waals surface area contributed by atoms with E-state index in [-0.39, 0.29) is 12.1 Å². The van der Waals surface area contributed by atoms with E-state index < -0.39 is 0 Å². The van der Waals surface area contributed by atoms with Crippen molar-refractivity contribution in [3.05, 3.63) is 29.8 Å². The van der Waals surface area contributed by atoms with Crippen LogP contribution >= 0.6 is 0 Å². The van der Waals surface area contributed by atoms with Crippen LogP contribution in [-0.4, -0.2) is 43.1 Å². The number of likely N-dealkylation sites (tertiary alicyclic amines) is 1. The lowest BCUT2D eigenvalue weighted by molar-refractivity contribution is 0.250. The van der Waals surface area contributed by atoms with E-state index in [2.05, 4.69) is 25.8 Å². The molecule has 1 aromatic rings. The summed E-state index contributed by atoms with van der Waals surface area (Å²) in [6, 6.07) is 7.89. The lowest BCUT2D eigenvalue weighted by Crippen LogP contribution is -2.39. The highest BCUT2D eigenvalue weighted by Gasteiger charge is 2.35. The molecule has 3 N–H and O–H groups in total. The summed E-state index contributed by atoms with van der Waals surface area (Å²) in [5.41, 5.74) is 1.97. The van der Waals surface area contributed by atoms with Crippen LogP contribution in [0, 0.1) is 11.8 Å². The third-order valence-electron chi connectivity index (χ3n) is 5.57. The first-order valence-corrected chi connectivity index (χ1v) is 10.2. The molecule has 2 aliphatic rings. The van der Waals surface area contributed by atoms with Gasteiger partial charge in [0.15, 0.2) is 5.96 Å². The summed E-state index contributed by atoms with van der Waals surface area (Å²) >= 11 is 0. The number of nitrogens with zero attached hydrogens (tertiary/aromatic N) is 2. The van der Waals surface area contributed by atoms with Gasteiger partial charge >= 0.3 is 6.03 Å². The Morgan fingerprint density at radius 2 is 1.78 bits per heavy atom. The predicted molar refractivity (Wildman–Crippen MR) is 111 cm³/mol. The molecular weight excluding hydrogens is 338 g/mol. The maximum absolute atomic E-state index is 11.8. The molecule has 3 rings (SSSR count). The molecule has 1 aliphatic carbocycles. The zero-order valence-corrected chi connectivity index (χ0v) is 16.8. The van der Waals surface area contributed by atoms with Gasteiger partial charge < -0.3 is 20.9 Å². The first-order chi connectivity index (χ1) is 13.0. The quantitative estimate of drug-likeness (QED) is 0.561. The lowest BCUT2D eigenvalue weighted by Gasteiger charge is -2.22. The minimum Gasteiger partial charge on any atom is -0.352 e. The van der Waals surface area contributed by atoms with Gasteiger partial charge in [-0.3, -0.25) is 4.99 Å². The molecule has 1 saturated heterocycles. The molecule has 0 aromatic heterocycles. The molecule has 2 atom stereocenters. The molecule has 2 unspecified atom stereocenters. The number of hydrogen-bond donors (Lipinski definition) is 3. The van der Waals surface area contributed by atoms with Crippen molar-refractivity contribution in [1.82, 2.24) is 15.5 Å². The van der Waals surface area contributed by atoms with Gasteiger partial charge in [0.25, 0.3) is 0 Å². The number of carbonyl (C=O) groups excluding carboxylic acids is 1. The van der Waals surface area contributed by atoms with E-state index in [0.29, 0.717) is 0 Å². The second-order valence-corrected chi connectivity index (χ2v) is 8.06. The number of fused-ring (bicyclic) bond motifs is 1. The van der Waals surface area contributed by atoms with Crippen molar-refractivity contribution in [2.75, 3.05) is 25.5 Å². The van der Waals surface area contributed by atoms with Gasteiger partial charge in [-0.15, -0.1) is 0 Å². The SMILES string of the molecule is CN=C(NCc1ccc(NC(=O)NC(C)C)cc1)N1CC2CCCCC2C1. The second-order valence-electron chi connectivity index (χ2n) is 8.06. The number of hydrogen-bond acceptors (Lipinski definition) is 2. The number of carbonyl (C=O) groups is 1. The number of amides is 2. The van der Waals surface area contributed by atoms with E-state index in [1.54, 1.807) is 0 Å². The monoisotopic (exact) mass is 371 g/mol. The van der Waals surface area contributed by atoms with Crippen molar-refractivity contribution in [2.45, 2.75) is 52.1 Å². The number of rotatable bonds is 4. The summed E-state index contributed by atoms with van der Waals surface area (Å²) in [5.74, 6) is 2.70. The van der Waals surface area contributed by atoms with E-state index in [0.717, 1.165) is 43.1 Å². The van der Waals surface area contributed by atoms with Crippen LogP contribution < -0.4 is 16.0 Å².